The Morgan fingerprint density at radius 2 is 1.81 bits per heavy atom. The summed E-state index contributed by atoms with van der Waals surface area (Å²) in [6, 6.07) is 15.1. The van der Waals surface area contributed by atoms with Gasteiger partial charge in [0.25, 0.3) is 5.56 Å². The van der Waals surface area contributed by atoms with Crippen LogP contribution in [0.2, 0.25) is 0 Å². The fourth-order valence-corrected chi connectivity index (χ4v) is 3.96. The highest BCUT2D eigenvalue weighted by atomic mass is 16.3. The number of hydrogen-bond acceptors (Lipinski definition) is 4. The van der Waals surface area contributed by atoms with Gasteiger partial charge >= 0.3 is 0 Å². The molecule has 1 aliphatic heterocycles. The number of para-hydroxylation sites is 1. The number of piperidine rings is 1. The van der Waals surface area contributed by atoms with Gasteiger partial charge in [-0.2, -0.15) is 0 Å². The lowest BCUT2D eigenvalue weighted by atomic mass is 9.89. The maximum atomic E-state index is 12.1. The van der Waals surface area contributed by atoms with Crippen molar-refractivity contribution in [1.29, 1.82) is 0 Å². The first-order valence-corrected chi connectivity index (χ1v) is 9.68. The fourth-order valence-electron chi connectivity index (χ4n) is 3.96. The molecule has 0 atom stereocenters. The highest BCUT2D eigenvalue weighted by molar-refractivity contribution is 5.77. The Morgan fingerprint density at radius 1 is 1.07 bits per heavy atom. The molecular formula is C22H25N3O2. The van der Waals surface area contributed by atoms with Crippen LogP contribution in [0, 0.1) is 0 Å². The third-order valence-corrected chi connectivity index (χ3v) is 5.50. The molecule has 0 unspecified atom stereocenters. The van der Waals surface area contributed by atoms with Crippen molar-refractivity contribution in [2.24, 2.45) is 0 Å². The van der Waals surface area contributed by atoms with Gasteiger partial charge in [0.05, 0.1) is 10.9 Å². The summed E-state index contributed by atoms with van der Waals surface area (Å²) in [6.07, 6.45) is 4.08. The van der Waals surface area contributed by atoms with Crippen LogP contribution in [0.5, 0.6) is 5.75 Å². The molecule has 5 heteroatoms. The number of nitrogens with zero attached hydrogens (tertiary/aromatic N) is 2. The molecule has 1 aliphatic rings. The number of phenols is 1. The van der Waals surface area contributed by atoms with E-state index < -0.39 is 0 Å². The van der Waals surface area contributed by atoms with E-state index in [-0.39, 0.29) is 5.56 Å². The minimum absolute atomic E-state index is 0.0506. The van der Waals surface area contributed by atoms with E-state index >= 15 is 0 Å². The first-order valence-electron chi connectivity index (χ1n) is 9.68. The number of aromatic amines is 1. The van der Waals surface area contributed by atoms with Crippen LogP contribution >= 0.6 is 0 Å². The molecule has 27 heavy (non-hydrogen) atoms. The Bertz CT molecular complexity index is 957. The summed E-state index contributed by atoms with van der Waals surface area (Å²) >= 11 is 0. The Balaban J connectivity index is 1.28. The Hall–Kier alpha value is -2.66. The topological polar surface area (TPSA) is 69.2 Å². The van der Waals surface area contributed by atoms with Crippen LogP contribution in [0.3, 0.4) is 0 Å². The minimum Gasteiger partial charge on any atom is -0.508 e. The molecule has 0 spiro atoms. The second-order valence-electron chi connectivity index (χ2n) is 7.34. The van der Waals surface area contributed by atoms with Crippen molar-refractivity contribution in [3.05, 3.63) is 70.3 Å². The number of rotatable bonds is 5. The van der Waals surface area contributed by atoms with Crippen LogP contribution in [0.4, 0.5) is 0 Å². The second kappa shape index (κ2) is 7.92. The van der Waals surface area contributed by atoms with Gasteiger partial charge in [-0.3, -0.25) is 4.79 Å². The van der Waals surface area contributed by atoms with Gasteiger partial charge in [0.2, 0.25) is 0 Å². The van der Waals surface area contributed by atoms with Crippen LogP contribution < -0.4 is 5.56 Å². The number of aromatic hydroxyl groups is 1. The van der Waals surface area contributed by atoms with Gasteiger partial charge in [-0.15, -0.1) is 0 Å². The second-order valence-corrected chi connectivity index (χ2v) is 7.34. The quantitative estimate of drug-likeness (QED) is 0.729. The summed E-state index contributed by atoms with van der Waals surface area (Å²) in [7, 11) is 0. The average Bonchev–Trinajstić information content (AvgIpc) is 2.69. The Kier molecular flexibility index (Phi) is 5.21. The van der Waals surface area contributed by atoms with Crippen LogP contribution in [0.1, 0.15) is 36.6 Å². The van der Waals surface area contributed by atoms with E-state index in [1.807, 2.05) is 36.4 Å². The van der Waals surface area contributed by atoms with Gasteiger partial charge in [0.1, 0.15) is 11.6 Å². The van der Waals surface area contributed by atoms with Crippen LogP contribution in [-0.4, -0.2) is 39.6 Å². The van der Waals surface area contributed by atoms with Crippen LogP contribution in [0.15, 0.2) is 53.3 Å². The number of likely N-dealkylation sites (tertiary alicyclic amines) is 1. The molecule has 4 rings (SSSR count). The summed E-state index contributed by atoms with van der Waals surface area (Å²) < 4.78 is 0. The predicted molar refractivity (Wildman–Crippen MR) is 107 cm³/mol. The smallest absolute Gasteiger partial charge is 0.258 e. The maximum Gasteiger partial charge on any atom is 0.258 e. The molecule has 1 fully saturated rings. The fraction of sp³-hybridized carbons (Fsp3) is 0.364. The normalized spacial score (nSPS) is 16.0. The molecule has 2 heterocycles. The molecule has 0 radical (unpaired) electrons. The van der Waals surface area contributed by atoms with Crippen molar-refractivity contribution in [3.8, 4) is 5.75 Å². The highest BCUT2D eigenvalue weighted by Gasteiger charge is 2.20. The first kappa shape index (κ1) is 17.7. The SMILES string of the molecule is O=c1[nH]c(CCCN2CCC(c3ccc(O)cc3)CC2)nc2ccccc12. The third kappa shape index (κ3) is 4.19. The summed E-state index contributed by atoms with van der Waals surface area (Å²) in [5.41, 5.74) is 2.04. The molecular weight excluding hydrogens is 338 g/mol. The molecule has 1 aromatic heterocycles. The summed E-state index contributed by atoms with van der Waals surface area (Å²) in [5, 5.41) is 10.1. The summed E-state index contributed by atoms with van der Waals surface area (Å²) in [4.78, 5) is 22.1. The largest absolute Gasteiger partial charge is 0.508 e. The summed E-state index contributed by atoms with van der Waals surface area (Å²) in [6.45, 7) is 3.21. The number of aromatic nitrogens is 2. The zero-order chi connectivity index (χ0) is 18.6. The van der Waals surface area contributed by atoms with E-state index in [2.05, 4.69) is 14.9 Å². The number of hydrogen-bond donors (Lipinski definition) is 2. The zero-order valence-corrected chi connectivity index (χ0v) is 15.4. The van der Waals surface area contributed by atoms with E-state index in [0.29, 0.717) is 17.1 Å². The van der Waals surface area contributed by atoms with Crippen molar-refractivity contribution in [3.63, 3.8) is 0 Å². The molecule has 0 amide bonds. The number of benzene rings is 2. The first-order chi connectivity index (χ1) is 13.2. The average molecular weight is 363 g/mol. The lowest BCUT2D eigenvalue weighted by Gasteiger charge is -2.32. The molecule has 2 aromatic carbocycles. The van der Waals surface area contributed by atoms with Gasteiger partial charge in [-0.1, -0.05) is 24.3 Å². The highest BCUT2D eigenvalue weighted by Crippen LogP contribution is 2.29. The lowest BCUT2D eigenvalue weighted by molar-refractivity contribution is 0.210. The van der Waals surface area contributed by atoms with Crippen molar-refractivity contribution < 1.29 is 5.11 Å². The van der Waals surface area contributed by atoms with Gasteiger partial charge in [-0.05, 0) is 74.6 Å². The van der Waals surface area contributed by atoms with E-state index in [0.717, 1.165) is 56.7 Å². The van der Waals surface area contributed by atoms with Gasteiger partial charge in [-0.25, -0.2) is 4.98 Å². The Morgan fingerprint density at radius 3 is 2.59 bits per heavy atom. The number of aryl methyl sites for hydroxylation is 1. The van der Waals surface area contributed by atoms with Crippen molar-refractivity contribution in [2.75, 3.05) is 19.6 Å². The van der Waals surface area contributed by atoms with Crippen LogP contribution in [0.25, 0.3) is 10.9 Å². The van der Waals surface area contributed by atoms with Crippen molar-refractivity contribution in [1.82, 2.24) is 14.9 Å². The molecule has 0 saturated carbocycles. The van der Waals surface area contributed by atoms with Crippen LogP contribution in [-0.2, 0) is 6.42 Å². The monoisotopic (exact) mass is 363 g/mol. The lowest BCUT2D eigenvalue weighted by Crippen LogP contribution is -2.34. The molecule has 0 aliphatic carbocycles. The molecule has 2 N–H and O–H groups in total. The maximum absolute atomic E-state index is 12.1. The molecule has 0 bridgehead atoms. The predicted octanol–water partition coefficient (Wildman–Crippen LogP) is 3.44. The summed E-state index contributed by atoms with van der Waals surface area (Å²) in [5.74, 6) is 1.69. The van der Waals surface area contributed by atoms with Gasteiger partial charge in [0.15, 0.2) is 0 Å². The number of phenolic OH excluding ortho intramolecular Hbond substituents is 1. The zero-order valence-electron chi connectivity index (χ0n) is 15.4. The van der Waals surface area contributed by atoms with E-state index in [1.165, 1.54) is 5.56 Å². The number of fused-ring (bicyclic) bond motifs is 1. The molecule has 5 nitrogen and oxygen atoms in total. The standard InChI is InChI=1S/C22H25N3O2/c26-18-9-7-16(8-10-18)17-11-14-25(15-12-17)13-3-6-21-23-20-5-2-1-4-19(20)22(27)24-21/h1-2,4-5,7-10,17,26H,3,6,11-15H2,(H,23,24,27). The molecule has 1 saturated heterocycles. The number of nitrogens with one attached hydrogen (secondary N) is 1. The van der Waals surface area contributed by atoms with Crippen molar-refractivity contribution >= 4 is 10.9 Å². The minimum atomic E-state index is -0.0506. The van der Waals surface area contributed by atoms with Gasteiger partial charge < -0.3 is 15.0 Å². The molecule has 3 aromatic rings. The molecule has 140 valence electrons. The third-order valence-electron chi connectivity index (χ3n) is 5.50. The number of H-pyrrole nitrogens is 1. The van der Waals surface area contributed by atoms with Crippen molar-refractivity contribution in [2.45, 2.75) is 31.6 Å². The van der Waals surface area contributed by atoms with Gasteiger partial charge in [0, 0.05) is 6.42 Å². The van der Waals surface area contributed by atoms with E-state index in [1.54, 1.807) is 12.1 Å². The van der Waals surface area contributed by atoms with E-state index in [9.17, 15) is 9.90 Å². The van der Waals surface area contributed by atoms with E-state index in [4.69, 9.17) is 0 Å². The Labute approximate surface area is 158 Å².